The van der Waals surface area contributed by atoms with E-state index in [-0.39, 0.29) is 24.4 Å². The number of hydrogen-bond acceptors (Lipinski definition) is 6. The minimum absolute atomic E-state index is 0.00298. The Bertz CT molecular complexity index is 434. The summed E-state index contributed by atoms with van der Waals surface area (Å²) in [6.07, 6.45) is 1.40. The van der Waals surface area contributed by atoms with Crippen LogP contribution in [0.15, 0.2) is 0 Å². The van der Waals surface area contributed by atoms with E-state index in [0.29, 0.717) is 22.3 Å². The first-order chi connectivity index (χ1) is 9.43. The maximum atomic E-state index is 12.1. The standard InChI is InChI=1S/C13H24N4O2S/c1-8(2)7-15-13-17-11(14)10(20-13)12(19)16-9(3)5-4-6-18/h8-9,18H,4-7,14H2,1-3H3,(H,15,17)(H,16,19). The van der Waals surface area contributed by atoms with E-state index in [1.54, 1.807) is 0 Å². The van der Waals surface area contributed by atoms with E-state index in [1.807, 2.05) is 6.92 Å². The number of carbonyl (C=O) groups is 1. The molecule has 0 spiro atoms. The Labute approximate surface area is 123 Å². The molecule has 7 heteroatoms. The number of aliphatic hydroxyl groups excluding tert-OH is 1. The Morgan fingerprint density at radius 1 is 1.45 bits per heavy atom. The highest BCUT2D eigenvalue weighted by atomic mass is 32.1. The Morgan fingerprint density at radius 3 is 2.75 bits per heavy atom. The van der Waals surface area contributed by atoms with Gasteiger partial charge in [-0.05, 0) is 25.7 Å². The first kappa shape index (κ1) is 16.7. The highest BCUT2D eigenvalue weighted by Crippen LogP contribution is 2.25. The number of amides is 1. The molecule has 0 aromatic carbocycles. The highest BCUT2D eigenvalue weighted by Gasteiger charge is 2.17. The smallest absolute Gasteiger partial charge is 0.265 e. The van der Waals surface area contributed by atoms with Crippen molar-refractivity contribution < 1.29 is 9.90 Å². The lowest BCUT2D eigenvalue weighted by atomic mass is 10.2. The number of thiazole rings is 1. The van der Waals surface area contributed by atoms with Crippen LogP contribution in [0, 0.1) is 5.92 Å². The quantitative estimate of drug-likeness (QED) is 0.585. The Kier molecular flexibility index (Phi) is 6.74. The second-order valence-electron chi connectivity index (χ2n) is 5.25. The van der Waals surface area contributed by atoms with E-state index in [2.05, 4.69) is 29.5 Å². The van der Waals surface area contributed by atoms with Gasteiger partial charge in [-0.3, -0.25) is 4.79 Å². The average molecular weight is 300 g/mol. The van der Waals surface area contributed by atoms with Gasteiger partial charge in [-0.1, -0.05) is 25.2 Å². The van der Waals surface area contributed by atoms with Crippen molar-refractivity contribution in [1.29, 1.82) is 0 Å². The van der Waals surface area contributed by atoms with E-state index in [4.69, 9.17) is 10.8 Å². The fraction of sp³-hybridized carbons (Fsp3) is 0.692. The van der Waals surface area contributed by atoms with E-state index in [1.165, 1.54) is 11.3 Å². The van der Waals surface area contributed by atoms with Gasteiger partial charge >= 0.3 is 0 Å². The largest absolute Gasteiger partial charge is 0.396 e. The van der Waals surface area contributed by atoms with E-state index < -0.39 is 0 Å². The zero-order valence-corrected chi connectivity index (χ0v) is 13.1. The zero-order valence-electron chi connectivity index (χ0n) is 12.3. The molecular formula is C13H24N4O2S. The summed E-state index contributed by atoms with van der Waals surface area (Å²) in [7, 11) is 0. The normalized spacial score (nSPS) is 12.4. The monoisotopic (exact) mass is 300 g/mol. The molecule has 114 valence electrons. The van der Waals surface area contributed by atoms with Crippen LogP contribution in [0.2, 0.25) is 0 Å². The third-order valence-electron chi connectivity index (χ3n) is 2.69. The van der Waals surface area contributed by atoms with Crippen molar-refractivity contribution >= 4 is 28.2 Å². The lowest BCUT2D eigenvalue weighted by molar-refractivity contribution is 0.0941. The number of rotatable bonds is 8. The highest BCUT2D eigenvalue weighted by molar-refractivity contribution is 7.18. The number of aromatic nitrogens is 1. The summed E-state index contributed by atoms with van der Waals surface area (Å²) in [6.45, 7) is 7.02. The van der Waals surface area contributed by atoms with Crippen molar-refractivity contribution in [3.05, 3.63) is 4.88 Å². The number of nitrogens with one attached hydrogen (secondary N) is 2. The number of carbonyl (C=O) groups excluding carboxylic acids is 1. The first-order valence-corrected chi connectivity index (χ1v) is 7.67. The van der Waals surface area contributed by atoms with E-state index >= 15 is 0 Å². The molecule has 1 rings (SSSR count). The van der Waals surface area contributed by atoms with Gasteiger partial charge in [-0.25, -0.2) is 4.98 Å². The third-order valence-corrected chi connectivity index (χ3v) is 3.72. The lowest BCUT2D eigenvalue weighted by Crippen LogP contribution is -2.32. The van der Waals surface area contributed by atoms with Gasteiger partial charge in [-0.15, -0.1) is 0 Å². The predicted molar refractivity (Wildman–Crippen MR) is 83.1 cm³/mol. The topological polar surface area (TPSA) is 100 Å². The Balaban J connectivity index is 2.59. The summed E-state index contributed by atoms with van der Waals surface area (Å²) in [5, 5.41) is 15.5. The van der Waals surface area contributed by atoms with Crippen LogP contribution >= 0.6 is 11.3 Å². The molecule has 0 saturated heterocycles. The van der Waals surface area contributed by atoms with Crippen LogP contribution in [-0.2, 0) is 0 Å². The van der Waals surface area contributed by atoms with Crippen molar-refractivity contribution in [2.45, 2.75) is 39.7 Å². The number of nitrogens with two attached hydrogens (primary N) is 1. The van der Waals surface area contributed by atoms with Gasteiger partial charge in [0.05, 0.1) is 0 Å². The van der Waals surface area contributed by atoms with Gasteiger partial charge in [0.2, 0.25) is 0 Å². The van der Waals surface area contributed by atoms with Crippen molar-refractivity contribution in [2.75, 3.05) is 24.2 Å². The third kappa shape index (κ3) is 5.34. The van der Waals surface area contributed by atoms with Crippen molar-refractivity contribution in [2.24, 2.45) is 5.92 Å². The van der Waals surface area contributed by atoms with Crippen LogP contribution in [0.5, 0.6) is 0 Å². The number of hydrogen-bond donors (Lipinski definition) is 4. The van der Waals surface area contributed by atoms with Crippen molar-refractivity contribution in [3.8, 4) is 0 Å². The van der Waals surface area contributed by atoms with Crippen LogP contribution in [0.1, 0.15) is 43.3 Å². The molecule has 6 nitrogen and oxygen atoms in total. The Morgan fingerprint density at radius 2 is 2.15 bits per heavy atom. The maximum absolute atomic E-state index is 12.1. The van der Waals surface area contributed by atoms with Crippen LogP contribution in [0.25, 0.3) is 0 Å². The summed E-state index contributed by atoms with van der Waals surface area (Å²) < 4.78 is 0. The molecule has 1 aromatic rings. The molecule has 0 bridgehead atoms. The fourth-order valence-corrected chi connectivity index (χ4v) is 2.42. The summed E-state index contributed by atoms with van der Waals surface area (Å²) >= 11 is 1.27. The molecule has 1 amide bonds. The SMILES string of the molecule is CC(C)CNc1nc(N)c(C(=O)NC(C)CCCO)s1. The molecule has 0 radical (unpaired) electrons. The van der Waals surface area contributed by atoms with Gasteiger partial charge in [0.15, 0.2) is 5.13 Å². The summed E-state index contributed by atoms with van der Waals surface area (Å²) in [5.41, 5.74) is 5.78. The maximum Gasteiger partial charge on any atom is 0.265 e. The molecular weight excluding hydrogens is 276 g/mol. The summed E-state index contributed by atoms with van der Waals surface area (Å²) in [4.78, 5) is 16.7. The fourth-order valence-electron chi connectivity index (χ4n) is 1.62. The zero-order chi connectivity index (χ0) is 15.1. The summed E-state index contributed by atoms with van der Waals surface area (Å²) in [5.74, 6) is 0.548. The molecule has 1 heterocycles. The lowest BCUT2D eigenvalue weighted by Gasteiger charge is -2.12. The Hall–Kier alpha value is -1.34. The van der Waals surface area contributed by atoms with Gasteiger partial charge in [0, 0.05) is 19.2 Å². The van der Waals surface area contributed by atoms with Crippen LogP contribution in [0.3, 0.4) is 0 Å². The minimum Gasteiger partial charge on any atom is -0.396 e. The van der Waals surface area contributed by atoms with Crippen molar-refractivity contribution in [3.63, 3.8) is 0 Å². The second-order valence-corrected chi connectivity index (χ2v) is 6.25. The molecule has 1 aromatic heterocycles. The number of nitrogen functional groups attached to an aromatic ring is 1. The second kappa shape index (κ2) is 8.06. The van der Waals surface area contributed by atoms with E-state index in [0.717, 1.165) is 13.0 Å². The minimum atomic E-state index is -0.206. The van der Waals surface area contributed by atoms with Crippen LogP contribution in [-0.4, -0.2) is 35.2 Å². The molecule has 0 saturated carbocycles. The van der Waals surface area contributed by atoms with Crippen molar-refractivity contribution in [1.82, 2.24) is 10.3 Å². The molecule has 1 atom stereocenters. The molecule has 20 heavy (non-hydrogen) atoms. The molecule has 5 N–H and O–H groups in total. The molecule has 1 unspecified atom stereocenters. The molecule has 0 fully saturated rings. The number of anilines is 2. The first-order valence-electron chi connectivity index (χ1n) is 6.86. The van der Waals surface area contributed by atoms with Crippen LogP contribution in [0.4, 0.5) is 10.9 Å². The molecule has 0 aliphatic heterocycles. The van der Waals surface area contributed by atoms with Crippen LogP contribution < -0.4 is 16.4 Å². The van der Waals surface area contributed by atoms with E-state index in [9.17, 15) is 4.79 Å². The van der Waals surface area contributed by atoms with Gasteiger partial charge in [-0.2, -0.15) is 0 Å². The predicted octanol–water partition coefficient (Wildman–Crippen LogP) is 1.68. The summed E-state index contributed by atoms with van der Waals surface area (Å²) in [6, 6.07) is 0.00298. The molecule has 0 aliphatic carbocycles. The number of aliphatic hydroxyl groups is 1. The number of nitrogens with zero attached hydrogens (tertiary/aromatic N) is 1. The molecule has 0 aliphatic rings. The average Bonchev–Trinajstić information content (AvgIpc) is 2.75. The van der Waals surface area contributed by atoms with Gasteiger partial charge < -0.3 is 21.5 Å². The van der Waals surface area contributed by atoms with Gasteiger partial charge in [0.25, 0.3) is 5.91 Å². The van der Waals surface area contributed by atoms with Gasteiger partial charge in [0.1, 0.15) is 10.7 Å².